The van der Waals surface area contributed by atoms with Crippen molar-refractivity contribution < 1.29 is 28.8 Å². The lowest BCUT2D eigenvalue weighted by Gasteiger charge is -2.20. The maximum atomic E-state index is 11.5. The number of aliphatic carboxylic acids is 1. The number of ether oxygens (including phenoxy) is 4. The van der Waals surface area contributed by atoms with Gasteiger partial charge in [0, 0.05) is 5.56 Å². The fourth-order valence-corrected chi connectivity index (χ4v) is 3.24. The fourth-order valence-electron chi connectivity index (χ4n) is 2.94. The van der Waals surface area contributed by atoms with Gasteiger partial charge in [0.05, 0.1) is 27.9 Å². The maximum Gasteiger partial charge on any atom is 0.345 e. The summed E-state index contributed by atoms with van der Waals surface area (Å²) in [6.07, 6.45) is 1.26. The molecular weight excluding hydrogens is 419 g/mol. The van der Waals surface area contributed by atoms with Gasteiger partial charge in [0.2, 0.25) is 10.1 Å². The Labute approximate surface area is 180 Å². The summed E-state index contributed by atoms with van der Waals surface area (Å²) in [6.45, 7) is 2.16. The zero-order chi connectivity index (χ0) is 21.6. The zero-order valence-electron chi connectivity index (χ0n) is 16.8. The van der Waals surface area contributed by atoms with E-state index in [-0.39, 0.29) is 5.56 Å². The van der Waals surface area contributed by atoms with Gasteiger partial charge in [0.25, 0.3) is 0 Å². The molecule has 0 bridgehead atoms. The molecule has 2 rings (SSSR count). The molecule has 0 radical (unpaired) electrons. The minimum Gasteiger partial charge on any atom is -0.493 e. The third-order valence-corrected chi connectivity index (χ3v) is 5.11. The summed E-state index contributed by atoms with van der Waals surface area (Å²) in [5, 5.41) is 9.39. The minimum absolute atomic E-state index is 0.206. The van der Waals surface area contributed by atoms with Gasteiger partial charge in [-0.25, -0.2) is 4.79 Å². The maximum absolute atomic E-state index is 11.5. The van der Waals surface area contributed by atoms with Crippen LogP contribution >= 0.6 is 23.2 Å². The summed E-state index contributed by atoms with van der Waals surface area (Å²) in [5.74, 6) is 0.652. The van der Waals surface area contributed by atoms with Crippen molar-refractivity contribution in [2.45, 2.75) is 24.1 Å². The number of alkyl halides is 2. The third kappa shape index (κ3) is 5.19. The van der Waals surface area contributed by atoms with Crippen molar-refractivity contribution in [3.63, 3.8) is 0 Å². The van der Waals surface area contributed by atoms with Gasteiger partial charge in [-0.1, -0.05) is 29.3 Å². The Morgan fingerprint density at radius 2 is 1.52 bits per heavy atom. The van der Waals surface area contributed by atoms with E-state index in [9.17, 15) is 9.90 Å². The molecule has 0 aliphatic rings. The van der Waals surface area contributed by atoms with Crippen LogP contribution in [0.1, 0.15) is 23.6 Å². The summed E-state index contributed by atoms with van der Waals surface area (Å²) in [7, 11) is 4.67. The lowest BCUT2D eigenvalue weighted by Crippen LogP contribution is -2.24. The van der Waals surface area contributed by atoms with E-state index in [2.05, 4.69) is 0 Å². The Bertz CT molecular complexity index is 841. The number of methoxy groups -OCH3 is 3. The van der Waals surface area contributed by atoms with Gasteiger partial charge < -0.3 is 24.1 Å². The predicted molar refractivity (Wildman–Crippen MR) is 112 cm³/mol. The van der Waals surface area contributed by atoms with Crippen molar-refractivity contribution in [1.29, 1.82) is 0 Å². The largest absolute Gasteiger partial charge is 0.493 e. The van der Waals surface area contributed by atoms with Crippen molar-refractivity contribution in [3.05, 3.63) is 47.0 Å². The lowest BCUT2D eigenvalue weighted by molar-refractivity contribution is -0.138. The molecule has 0 saturated carbocycles. The first-order valence-corrected chi connectivity index (χ1v) is 9.70. The number of carboxylic acids is 1. The Kier molecular flexibility index (Phi) is 7.88. The average molecular weight is 443 g/mol. The first kappa shape index (κ1) is 23.0. The Hall–Kier alpha value is -2.31. The van der Waals surface area contributed by atoms with Crippen molar-refractivity contribution in [1.82, 2.24) is 0 Å². The Balaban J connectivity index is 2.33. The third-order valence-electron chi connectivity index (χ3n) is 4.38. The van der Waals surface area contributed by atoms with E-state index in [4.69, 9.17) is 42.1 Å². The van der Waals surface area contributed by atoms with E-state index in [0.29, 0.717) is 42.4 Å². The molecule has 0 unspecified atom stereocenters. The van der Waals surface area contributed by atoms with Crippen LogP contribution in [-0.2, 0) is 22.0 Å². The van der Waals surface area contributed by atoms with E-state index >= 15 is 0 Å². The van der Waals surface area contributed by atoms with Crippen molar-refractivity contribution in [2.75, 3.05) is 27.9 Å². The first-order valence-electron chi connectivity index (χ1n) is 8.94. The molecule has 2 aromatic carbocycles. The molecular formula is C21H24Cl2O6. The SMILES string of the molecule is CCOc1ccc(CCc2cc(OC)c(OC)c(OC)c2)cc1C(Cl)(Cl)C(=O)O. The molecule has 158 valence electrons. The van der Waals surface area contributed by atoms with Crippen LogP contribution in [0, 0.1) is 0 Å². The quantitative estimate of drug-likeness (QED) is 0.541. The van der Waals surface area contributed by atoms with Gasteiger partial charge in [0.1, 0.15) is 5.75 Å². The number of benzene rings is 2. The second-order valence-corrected chi connectivity index (χ2v) is 7.50. The molecule has 2 aromatic rings. The molecule has 0 heterocycles. The summed E-state index contributed by atoms with van der Waals surface area (Å²) in [4.78, 5) is 11.5. The molecule has 1 N–H and O–H groups in total. The van der Waals surface area contributed by atoms with E-state index in [1.807, 2.05) is 18.2 Å². The van der Waals surface area contributed by atoms with Crippen LogP contribution in [0.2, 0.25) is 0 Å². The predicted octanol–water partition coefficient (Wildman–Crippen LogP) is 4.61. The molecule has 0 aromatic heterocycles. The van der Waals surface area contributed by atoms with Crippen LogP contribution in [0.4, 0.5) is 0 Å². The second kappa shape index (κ2) is 9.94. The number of carbonyl (C=O) groups is 1. The lowest BCUT2D eigenvalue weighted by atomic mass is 10.00. The van der Waals surface area contributed by atoms with Gasteiger partial charge in [0.15, 0.2) is 11.5 Å². The highest BCUT2D eigenvalue weighted by Crippen LogP contribution is 2.41. The van der Waals surface area contributed by atoms with Gasteiger partial charge in [-0.3, -0.25) is 0 Å². The number of carboxylic acid groups (broad SMARTS) is 1. The van der Waals surface area contributed by atoms with Crippen LogP contribution in [0.25, 0.3) is 0 Å². The average Bonchev–Trinajstić information content (AvgIpc) is 2.71. The molecule has 0 saturated heterocycles. The summed E-state index contributed by atoms with van der Waals surface area (Å²) in [5.41, 5.74) is 2.04. The molecule has 0 fully saturated rings. The van der Waals surface area contributed by atoms with Gasteiger partial charge in [-0.15, -0.1) is 0 Å². The molecule has 29 heavy (non-hydrogen) atoms. The fraction of sp³-hybridized carbons (Fsp3) is 0.381. The van der Waals surface area contributed by atoms with E-state index in [1.54, 1.807) is 40.4 Å². The minimum atomic E-state index is -2.10. The first-order chi connectivity index (χ1) is 13.8. The normalized spacial score (nSPS) is 11.1. The Morgan fingerprint density at radius 1 is 0.931 bits per heavy atom. The molecule has 0 spiro atoms. The van der Waals surface area contributed by atoms with E-state index < -0.39 is 10.3 Å². The van der Waals surface area contributed by atoms with Crippen LogP contribution in [-0.4, -0.2) is 39.0 Å². The zero-order valence-corrected chi connectivity index (χ0v) is 18.3. The number of hydrogen-bond acceptors (Lipinski definition) is 5. The highest BCUT2D eigenvalue weighted by molar-refractivity contribution is 6.56. The van der Waals surface area contributed by atoms with Gasteiger partial charge in [-0.05, 0) is 55.2 Å². The van der Waals surface area contributed by atoms with E-state index in [0.717, 1.165) is 11.1 Å². The smallest absolute Gasteiger partial charge is 0.345 e. The van der Waals surface area contributed by atoms with Crippen LogP contribution in [0.5, 0.6) is 23.0 Å². The number of aryl methyl sites for hydroxylation is 2. The van der Waals surface area contributed by atoms with Crippen molar-refractivity contribution in [3.8, 4) is 23.0 Å². The molecule has 6 nitrogen and oxygen atoms in total. The van der Waals surface area contributed by atoms with Gasteiger partial charge >= 0.3 is 5.97 Å². The molecule has 0 atom stereocenters. The van der Waals surface area contributed by atoms with Crippen LogP contribution in [0.3, 0.4) is 0 Å². The standard InChI is InChI=1S/C21H24Cl2O6/c1-5-29-16-9-8-13(10-15(16)21(22,23)20(24)25)6-7-14-11-17(26-2)19(28-4)18(12-14)27-3/h8-12H,5-7H2,1-4H3,(H,24,25). The summed E-state index contributed by atoms with van der Waals surface area (Å²) < 4.78 is 19.5. The van der Waals surface area contributed by atoms with Crippen LogP contribution < -0.4 is 18.9 Å². The highest BCUT2D eigenvalue weighted by atomic mass is 35.5. The topological polar surface area (TPSA) is 74.2 Å². The number of hydrogen-bond donors (Lipinski definition) is 1. The Morgan fingerprint density at radius 3 is 2.00 bits per heavy atom. The van der Waals surface area contributed by atoms with Crippen LogP contribution in [0.15, 0.2) is 30.3 Å². The number of halogens is 2. The molecule has 0 aliphatic heterocycles. The second-order valence-electron chi connectivity index (χ2n) is 6.18. The van der Waals surface area contributed by atoms with Crippen molar-refractivity contribution >= 4 is 29.2 Å². The number of rotatable bonds is 10. The van der Waals surface area contributed by atoms with Crippen molar-refractivity contribution in [2.24, 2.45) is 0 Å². The summed E-state index contributed by atoms with van der Waals surface area (Å²) >= 11 is 12.2. The molecule has 0 aliphatic carbocycles. The molecule has 0 amide bonds. The van der Waals surface area contributed by atoms with E-state index in [1.165, 1.54) is 0 Å². The highest BCUT2D eigenvalue weighted by Gasteiger charge is 2.38. The van der Waals surface area contributed by atoms with Gasteiger partial charge in [-0.2, -0.15) is 0 Å². The monoisotopic (exact) mass is 442 g/mol. The summed E-state index contributed by atoms with van der Waals surface area (Å²) in [6, 6.07) is 8.96. The molecule has 8 heteroatoms.